The van der Waals surface area contributed by atoms with Gasteiger partial charge in [0, 0.05) is 56.2 Å². The van der Waals surface area contributed by atoms with Gasteiger partial charge in [-0.05, 0) is 24.1 Å². The Kier molecular flexibility index (Phi) is 7.18. The number of hydrogen-bond acceptors (Lipinski definition) is 11. The molecule has 1 N–H and O–H groups in total. The highest BCUT2D eigenvalue weighted by atomic mass is 16.5. The standard InChI is InChI=1S/C27H28N10O2/c28-13-19-2-1-3-21(12-19)24-16-29-25-26(32-24)37(34-33-25)18-23-17-36(9-11-39-23)27-30-14-22(15-31-27)20-4-6-35(7-5-20)8-10-38/h1-4,12,14-16,23,38H,5-11,17-18H2/t23-/m0/s1. The number of anilines is 1. The second kappa shape index (κ2) is 11.2. The predicted molar refractivity (Wildman–Crippen MR) is 143 cm³/mol. The van der Waals surface area contributed by atoms with Crippen LogP contribution in [0.5, 0.6) is 0 Å². The summed E-state index contributed by atoms with van der Waals surface area (Å²) in [7, 11) is 0. The fraction of sp³-hybridized carbons (Fsp3) is 0.370. The molecule has 0 radical (unpaired) electrons. The van der Waals surface area contributed by atoms with Crippen LogP contribution in [0.15, 0.2) is 48.9 Å². The number of nitriles is 1. The van der Waals surface area contributed by atoms with E-state index >= 15 is 0 Å². The van der Waals surface area contributed by atoms with Crippen LogP contribution in [0.1, 0.15) is 17.5 Å². The quantitative estimate of drug-likeness (QED) is 0.376. The molecule has 6 rings (SSSR count). The Hall–Kier alpha value is -4.31. The average molecular weight is 525 g/mol. The molecule has 1 saturated heterocycles. The minimum atomic E-state index is -0.155. The Labute approximate surface area is 225 Å². The van der Waals surface area contributed by atoms with Gasteiger partial charge in [-0.1, -0.05) is 23.4 Å². The van der Waals surface area contributed by atoms with E-state index in [9.17, 15) is 5.26 Å². The summed E-state index contributed by atoms with van der Waals surface area (Å²) >= 11 is 0. The first-order valence-corrected chi connectivity index (χ1v) is 13.0. The van der Waals surface area contributed by atoms with Gasteiger partial charge < -0.3 is 14.7 Å². The van der Waals surface area contributed by atoms with Crippen molar-refractivity contribution in [3.8, 4) is 17.3 Å². The van der Waals surface area contributed by atoms with E-state index in [0.717, 1.165) is 30.6 Å². The molecule has 12 nitrogen and oxygen atoms in total. The monoisotopic (exact) mass is 524 g/mol. The Morgan fingerprint density at radius 3 is 2.79 bits per heavy atom. The SMILES string of the molecule is N#Cc1cccc(-c2cnc3nnn(C[C@@H]4CN(c5ncc(C6=CCN(CCO)CC6)cn5)CCO4)c3n2)c1. The third-order valence-electron chi connectivity index (χ3n) is 7.03. The van der Waals surface area contributed by atoms with Crippen molar-refractivity contribution in [3.63, 3.8) is 0 Å². The Balaban J connectivity index is 1.14. The van der Waals surface area contributed by atoms with Gasteiger partial charge in [-0.3, -0.25) is 4.90 Å². The molecule has 12 heteroatoms. The van der Waals surface area contributed by atoms with Gasteiger partial charge in [-0.2, -0.15) is 5.26 Å². The molecule has 0 unspecified atom stereocenters. The van der Waals surface area contributed by atoms with Crippen LogP contribution in [0, 0.1) is 11.3 Å². The molecule has 0 aliphatic carbocycles. The Morgan fingerprint density at radius 1 is 1.10 bits per heavy atom. The molecule has 0 bridgehead atoms. The van der Waals surface area contributed by atoms with Gasteiger partial charge >= 0.3 is 0 Å². The van der Waals surface area contributed by atoms with Crippen LogP contribution in [-0.2, 0) is 11.3 Å². The van der Waals surface area contributed by atoms with Gasteiger partial charge in [0.2, 0.25) is 11.6 Å². The highest BCUT2D eigenvalue weighted by Crippen LogP contribution is 2.23. The maximum Gasteiger partial charge on any atom is 0.225 e. The summed E-state index contributed by atoms with van der Waals surface area (Å²) in [5, 5.41) is 26.8. The molecule has 1 atom stereocenters. The smallest absolute Gasteiger partial charge is 0.225 e. The van der Waals surface area contributed by atoms with Crippen molar-refractivity contribution in [2.75, 3.05) is 50.8 Å². The number of aliphatic hydroxyl groups is 1. The lowest BCUT2D eigenvalue weighted by atomic mass is 10.0. The highest BCUT2D eigenvalue weighted by Gasteiger charge is 2.25. The molecular formula is C27H28N10O2. The Bertz CT molecular complexity index is 1530. The predicted octanol–water partition coefficient (Wildman–Crippen LogP) is 1.54. The molecular weight excluding hydrogens is 496 g/mol. The second-order valence-corrected chi connectivity index (χ2v) is 9.58. The molecule has 0 amide bonds. The van der Waals surface area contributed by atoms with Crippen LogP contribution in [0.4, 0.5) is 5.95 Å². The van der Waals surface area contributed by atoms with Crippen molar-refractivity contribution in [3.05, 3.63) is 60.1 Å². The average Bonchev–Trinajstić information content (AvgIpc) is 3.40. The summed E-state index contributed by atoms with van der Waals surface area (Å²) in [6.45, 7) is 4.95. The zero-order valence-corrected chi connectivity index (χ0v) is 21.4. The Morgan fingerprint density at radius 2 is 2.00 bits per heavy atom. The number of hydrogen-bond donors (Lipinski definition) is 1. The molecule has 1 fully saturated rings. The number of aromatic nitrogens is 7. The van der Waals surface area contributed by atoms with Gasteiger partial charge in [-0.15, -0.1) is 5.10 Å². The number of benzene rings is 1. The van der Waals surface area contributed by atoms with E-state index in [4.69, 9.17) is 14.8 Å². The summed E-state index contributed by atoms with van der Waals surface area (Å²) in [6, 6.07) is 9.42. The van der Waals surface area contributed by atoms with Crippen LogP contribution in [-0.4, -0.2) is 97.0 Å². The molecule has 2 aliphatic heterocycles. The third-order valence-corrected chi connectivity index (χ3v) is 7.03. The molecule has 5 heterocycles. The second-order valence-electron chi connectivity index (χ2n) is 9.58. The van der Waals surface area contributed by atoms with Gasteiger partial charge in [0.15, 0.2) is 5.65 Å². The summed E-state index contributed by atoms with van der Waals surface area (Å²) in [5.41, 5.74) is 5.32. The van der Waals surface area contributed by atoms with E-state index in [2.05, 4.69) is 47.2 Å². The third kappa shape index (κ3) is 5.46. The molecule has 1 aromatic carbocycles. The van der Waals surface area contributed by atoms with Crippen molar-refractivity contribution < 1.29 is 9.84 Å². The van der Waals surface area contributed by atoms with Gasteiger partial charge in [-0.25, -0.2) is 24.6 Å². The van der Waals surface area contributed by atoms with Crippen LogP contribution in [0.2, 0.25) is 0 Å². The molecule has 0 saturated carbocycles. The first-order valence-electron chi connectivity index (χ1n) is 13.0. The molecule has 2 aliphatic rings. The lowest BCUT2D eigenvalue weighted by Gasteiger charge is -2.32. The van der Waals surface area contributed by atoms with E-state index in [1.165, 1.54) is 5.57 Å². The van der Waals surface area contributed by atoms with Crippen LogP contribution >= 0.6 is 0 Å². The normalized spacial score (nSPS) is 18.2. The van der Waals surface area contributed by atoms with Crippen LogP contribution in [0.3, 0.4) is 0 Å². The molecule has 0 spiro atoms. The van der Waals surface area contributed by atoms with Crippen molar-refractivity contribution in [2.24, 2.45) is 0 Å². The number of β-amino-alcohol motifs (C(OH)–C–C–N with tert-alkyl or cyclic N) is 1. The van der Waals surface area contributed by atoms with Crippen molar-refractivity contribution >= 4 is 22.8 Å². The number of rotatable bonds is 7. The topological polar surface area (TPSA) is 142 Å². The van der Waals surface area contributed by atoms with E-state index in [0.29, 0.717) is 61.3 Å². The number of aliphatic hydroxyl groups excluding tert-OH is 1. The van der Waals surface area contributed by atoms with Crippen molar-refractivity contribution in [2.45, 2.75) is 19.1 Å². The minimum absolute atomic E-state index is 0.155. The molecule has 198 valence electrons. The number of nitrogens with zero attached hydrogens (tertiary/aromatic N) is 10. The first-order chi connectivity index (χ1) is 19.2. The fourth-order valence-corrected chi connectivity index (χ4v) is 4.94. The largest absolute Gasteiger partial charge is 0.395 e. The number of morpholine rings is 1. The maximum atomic E-state index is 9.23. The zero-order valence-electron chi connectivity index (χ0n) is 21.4. The van der Waals surface area contributed by atoms with Crippen LogP contribution < -0.4 is 4.90 Å². The highest BCUT2D eigenvalue weighted by molar-refractivity contribution is 5.70. The zero-order chi connectivity index (χ0) is 26.6. The summed E-state index contributed by atoms with van der Waals surface area (Å²) in [4.78, 5) is 22.8. The van der Waals surface area contributed by atoms with Crippen molar-refractivity contribution in [1.82, 2.24) is 39.8 Å². The van der Waals surface area contributed by atoms with Gasteiger partial charge in [0.25, 0.3) is 0 Å². The maximum absolute atomic E-state index is 9.23. The van der Waals surface area contributed by atoms with Gasteiger partial charge in [0.05, 0.1) is 49.4 Å². The summed E-state index contributed by atoms with van der Waals surface area (Å²) in [5.74, 6) is 0.674. The lowest BCUT2D eigenvalue weighted by Crippen LogP contribution is -2.45. The van der Waals surface area contributed by atoms with Crippen molar-refractivity contribution in [1.29, 1.82) is 5.26 Å². The fourth-order valence-electron chi connectivity index (χ4n) is 4.94. The van der Waals surface area contributed by atoms with E-state index in [1.807, 2.05) is 24.5 Å². The van der Waals surface area contributed by atoms with Crippen LogP contribution in [0.25, 0.3) is 28.1 Å². The van der Waals surface area contributed by atoms with E-state index in [1.54, 1.807) is 23.0 Å². The minimum Gasteiger partial charge on any atom is -0.395 e. The number of ether oxygens (including phenoxy) is 1. The first kappa shape index (κ1) is 25.0. The van der Waals surface area contributed by atoms with Gasteiger partial charge in [0.1, 0.15) is 0 Å². The molecule has 3 aromatic heterocycles. The summed E-state index contributed by atoms with van der Waals surface area (Å²) in [6.07, 6.45) is 8.39. The van der Waals surface area contributed by atoms with E-state index < -0.39 is 0 Å². The molecule has 39 heavy (non-hydrogen) atoms. The molecule has 4 aromatic rings. The number of fused-ring (bicyclic) bond motifs is 1. The summed E-state index contributed by atoms with van der Waals surface area (Å²) < 4.78 is 7.76. The lowest BCUT2D eigenvalue weighted by molar-refractivity contribution is 0.0273. The van der Waals surface area contributed by atoms with E-state index in [-0.39, 0.29) is 12.7 Å².